The zero-order valence-corrected chi connectivity index (χ0v) is 17.9. The number of ketones is 1. The predicted molar refractivity (Wildman–Crippen MR) is 116 cm³/mol. The molecule has 0 aliphatic carbocycles. The monoisotopic (exact) mass is 420 g/mol. The van der Waals surface area contributed by atoms with Crippen molar-refractivity contribution in [2.24, 2.45) is 0 Å². The van der Waals surface area contributed by atoms with Gasteiger partial charge in [-0.3, -0.25) is 4.79 Å². The minimum Gasteiger partial charge on any atom is -0.508 e. The first-order valence-electron chi connectivity index (χ1n) is 10.2. The van der Waals surface area contributed by atoms with Crippen molar-refractivity contribution in [3.8, 4) is 28.7 Å². The van der Waals surface area contributed by atoms with Crippen molar-refractivity contribution >= 4 is 17.9 Å². The number of rotatable bonds is 1. The van der Waals surface area contributed by atoms with Crippen molar-refractivity contribution < 1.29 is 29.2 Å². The Morgan fingerprint density at radius 1 is 0.903 bits per heavy atom. The van der Waals surface area contributed by atoms with E-state index in [1.54, 1.807) is 6.07 Å². The summed E-state index contributed by atoms with van der Waals surface area (Å²) in [6.45, 7) is 7.71. The topological polar surface area (TPSA) is 85.2 Å². The summed E-state index contributed by atoms with van der Waals surface area (Å²) in [4.78, 5) is 13.4. The minimum atomic E-state index is -0.755. The molecule has 0 bridgehead atoms. The van der Waals surface area contributed by atoms with Crippen LogP contribution in [0.15, 0.2) is 30.4 Å². The first-order chi connectivity index (χ1) is 14.5. The van der Waals surface area contributed by atoms with Gasteiger partial charge in [0.15, 0.2) is 5.78 Å². The van der Waals surface area contributed by atoms with Gasteiger partial charge < -0.3 is 24.4 Å². The Kier molecular flexibility index (Phi) is 3.97. The molecule has 0 spiro atoms. The highest BCUT2D eigenvalue weighted by atomic mass is 16.5. The van der Waals surface area contributed by atoms with E-state index in [4.69, 9.17) is 14.2 Å². The number of benzene rings is 2. The molecule has 2 aromatic carbocycles. The smallest absolute Gasteiger partial charge is 0.181 e. The maximum Gasteiger partial charge on any atom is 0.181 e. The normalized spacial score (nSPS) is 21.8. The Bertz CT molecular complexity index is 1190. The van der Waals surface area contributed by atoms with Gasteiger partial charge in [-0.15, -0.1) is 0 Å². The Balaban J connectivity index is 1.56. The van der Waals surface area contributed by atoms with Crippen LogP contribution in [0.25, 0.3) is 12.2 Å². The van der Waals surface area contributed by atoms with Crippen LogP contribution in [0.1, 0.15) is 60.7 Å². The summed E-state index contributed by atoms with van der Waals surface area (Å²) < 4.78 is 17.8. The van der Waals surface area contributed by atoms with Gasteiger partial charge in [0.1, 0.15) is 52.1 Å². The van der Waals surface area contributed by atoms with Crippen LogP contribution in [-0.2, 0) is 0 Å². The van der Waals surface area contributed by atoms with Gasteiger partial charge >= 0.3 is 0 Å². The molecule has 6 heteroatoms. The molecule has 31 heavy (non-hydrogen) atoms. The van der Waals surface area contributed by atoms with E-state index in [2.05, 4.69) is 0 Å². The molecule has 2 aromatic rings. The highest BCUT2D eigenvalue weighted by molar-refractivity contribution is 6.08. The number of hydrogen-bond donors (Lipinski definition) is 2. The summed E-state index contributed by atoms with van der Waals surface area (Å²) in [6, 6.07) is 4.73. The third-order valence-corrected chi connectivity index (χ3v) is 5.81. The van der Waals surface area contributed by atoms with Crippen molar-refractivity contribution in [2.45, 2.75) is 44.8 Å². The fourth-order valence-corrected chi connectivity index (χ4v) is 4.23. The van der Waals surface area contributed by atoms with Crippen LogP contribution in [0, 0.1) is 0 Å². The highest BCUT2D eigenvalue weighted by Crippen LogP contribution is 2.48. The van der Waals surface area contributed by atoms with Crippen LogP contribution in [0.2, 0.25) is 0 Å². The molecule has 3 aliphatic rings. The Morgan fingerprint density at radius 3 is 2.29 bits per heavy atom. The molecule has 3 aliphatic heterocycles. The lowest BCUT2D eigenvalue weighted by Crippen LogP contribution is -2.30. The lowest BCUT2D eigenvalue weighted by atomic mass is 9.85. The van der Waals surface area contributed by atoms with E-state index in [1.165, 1.54) is 12.1 Å². The third-order valence-electron chi connectivity index (χ3n) is 5.81. The standard InChI is InChI=1S/C25H24O6/c1-24(2)7-5-13-9-15(17(26)10-19(13)30-24)16-12-29-23-14-6-8-25(3,4)31-20(14)11-18(27)21(23)22(16)28/h5-11,16,26-27H,12H2,1-4H3. The van der Waals surface area contributed by atoms with Crippen LogP contribution in [0.5, 0.6) is 28.7 Å². The molecule has 6 nitrogen and oxygen atoms in total. The molecule has 160 valence electrons. The molecule has 0 radical (unpaired) electrons. The first kappa shape index (κ1) is 19.5. The molecule has 0 saturated carbocycles. The lowest BCUT2D eigenvalue weighted by Gasteiger charge is -2.33. The number of ether oxygens (including phenoxy) is 3. The van der Waals surface area contributed by atoms with Gasteiger partial charge in [0.25, 0.3) is 0 Å². The SMILES string of the molecule is CC1(C)C=Cc2cc(C3COc4c5c(cc(O)c4C3=O)OC(C)(C)C=C5)c(O)cc2O1. The van der Waals surface area contributed by atoms with Crippen molar-refractivity contribution in [1.82, 2.24) is 0 Å². The van der Waals surface area contributed by atoms with Gasteiger partial charge in [-0.05, 0) is 52.0 Å². The van der Waals surface area contributed by atoms with Crippen molar-refractivity contribution in [1.29, 1.82) is 0 Å². The van der Waals surface area contributed by atoms with E-state index in [0.717, 1.165) is 5.56 Å². The Morgan fingerprint density at radius 2 is 1.55 bits per heavy atom. The second-order valence-electron chi connectivity index (χ2n) is 9.27. The van der Waals surface area contributed by atoms with Crippen molar-refractivity contribution in [3.05, 3.63) is 52.6 Å². The number of fused-ring (bicyclic) bond motifs is 4. The average molecular weight is 420 g/mol. The molecule has 1 unspecified atom stereocenters. The molecule has 0 aromatic heterocycles. The number of carbonyl (C=O) groups is 1. The van der Waals surface area contributed by atoms with E-state index in [9.17, 15) is 15.0 Å². The minimum absolute atomic E-state index is 0.0430. The van der Waals surface area contributed by atoms with E-state index >= 15 is 0 Å². The summed E-state index contributed by atoms with van der Waals surface area (Å²) in [7, 11) is 0. The van der Waals surface area contributed by atoms with Gasteiger partial charge in [0.05, 0.1) is 11.5 Å². The number of hydrogen-bond acceptors (Lipinski definition) is 6. The van der Waals surface area contributed by atoms with Gasteiger partial charge in [0, 0.05) is 23.3 Å². The fraction of sp³-hybridized carbons (Fsp3) is 0.320. The second kappa shape index (κ2) is 6.30. The predicted octanol–water partition coefficient (Wildman–Crippen LogP) is 4.83. The number of Topliss-reactive ketones (excluding diaryl/α,β-unsaturated/α-hetero) is 1. The molecule has 0 fully saturated rings. The first-order valence-corrected chi connectivity index (χ1v) is 10.2. The number of carbonyl (C=O) groups excluding carboxylic acids is 1. The fourth-order valence-electron chi connectivity index (χ4n) is 4.23. The van der Waals surface area contributed by atoms with Crippen LogP contribution in [0.4, 0.5) is 0 Å². The molecule has 1 atom stereocenters. The number of aromatic hydroxyl groups is 2. The summed E-state index contributed by atoms with van der Waals surface area (Å²) in [6.07, 6.45) is 7.58. The molecular weight excluding hydrogens is 396 g/mol. The van der Waals surface area contributed by atoms with E-state index in [1.807, 2.05) is 52.0 Å². The van der Waals surface area contributed by atoms with Crippen LogP contribution >= 0.6 is 0 Å². The van der Waals surface area contributed by atoms with Crippen LogP contribution in [0.3, 0.4) is 0 Å². The number of phenolic OH excluding ortho intramolecular Hbond substituents is 2. The van der Waals surface area contributed by atoms with E-state index < -0.39 is 17.1 Å². The summed E-state index contributed by atoms with van der Waals surface area (Å²) >= 11 is 0. The maximum absolute atomic E-state index is 13.4. The van der Waals surface area contributed by atoms with Gasteiger partial charge in [-0.25, -0.2) is 0 Å². The van der Waals surface area contributed by atoms with E-state index in [0.29, 0.717) is 28.4 Å². The summed E-state index contributed by atoms with van der Waals surface area (Å²) in [5, 5.41) is 21.3. The Hall–Kier alpha value is -3.41. The Labute approximate surface area is 180 Å². The zero-order valence-electron chi connectivity index (χ0n) is 17.9. The quantitative estimate of drug-likeness (QED) is 0.688. The van der Waals surface area contributed by atoms with Crippen molar-refractivity contribution in [2.75, 3.05) is 6.61 Å². The molecule has 0 saturated heterocycles. The van der Waals surface area contributed by atoms with Gasteiger partial charge in [-0.2, -0.15) is 0 Å². The number of phenols is 2. The van der Waals surface area contributed by atoms with Crippen LogP contribution < -0.4 is 14.2 Å². The molecule has 2 N–H and O–H groups in total. The molecule has 0 amide bonds. The summed E-state index contributed by atoms with van der Waals surface area (Å²) in [5.41, 5.74) is 0.957. The molecular formula is C25H24O6. The summed E-state index contributed by atoms with van der Waals surface area (Å²) in [5.74, 6) is 0.0304. The zero-order chi connectivity index (χ0) is 22.1. The third kappa shape index (κ3) is 3.14. The van der Waals surface area contributed by atoms with Gasteiger partial charge in [0.2, 0.25) is 0 Å². The van der Waals surface area contributed by atoms with Crippen molar-refractivity contribution in [3.63, 3.8) is 0 Å². The van der Waals surface area contributed by atoms with Gasteiger partial charge in [-0.1, -0.05) is 6.08 Å². The second-order valence-corrected chi connectivity index (χ2v) is 9.27. The lowest BCUT2D eigenvalue weighted by molar-refractivity contribution is 0.0887. The molecule has 3 heterocycles. The highest BCUT2D eigenvalue weighted by Gasteiger charge is 2.38. The largest absolute Gasteiger partial charge is 0.508 e. The van der Waals surface area contributed by atoms with Crippen LogP contribution in [-0.4, -0.2) is 33.8 Å². The maximum atomic E-state index is 13.4. The van der Waals surface area contributed by atoms with E-state index in [-0.39, 0.29) is 29.5 Å². The average Bonchev–Trinajstić information content (AvgIpc) is 2.66. The molecule has 5 rings (SSSR count).